The molecule has 180 valence electrons. The standard InChI is InChI=1S/C23H34Cl2N2O5/c1-17(28)27(20(30)11-9-7-5-3-2-4-6-8-10-16-26)23(25,22(31)32)21(24)18-12-14-19(29)15-13-18/h12-15,21,29H,2-11,16,26H2,1H3,(H,31,32)/t21?,23-/m0/s1. The van der Waals surface area contributed by atoms with Gasteiger partial charge in [0.1, 0.15) is 11.1 Å². The first-order chi connectivity index (χ1) is 15.2. The Morgan fingerprint density at radius 2 is 1.44 bits per heavy atom. The van der Waals surface area contributed by atoms with Crippen LogP contribution < -0.4 is 5.73 Å². The van der Waals surface area contributed by atoms with E-state index in [-0.39, 0.29) is 17.7 Å². The van der Waals surface area contributed by atoms with Crippen LogP contribution in [-0.2, 0) is 14.4 Å². The maximum absolute atomic E-state index is 12.8. The molecular weight excluding hydrogens is 455 g/mol. The van der Waals surface area contributed by atoms with Gasteiger partial charge in [0.2, 0.25) is 16.8 Å². The van der Waals surface area contributed by atoms with Crippen molar-refractivity contribution in [2.75, 3.05) is 6.54 Å². The van der Waals surface area contributed by atoms with Crippen LogP contribution >= 0.6 is 23.2 Å². The molecule has 1 aromatic carbocycles. The normalized spacial score (nSPS) is 13.9. The van der Waals surface area contributed by atoms with Crippen LogP contribution in [0.15, 0.2) is 24.3 Å². The zero-order chi connectivity index (χ0) is 24.1. The number of nitrogens with zero attached hydrogens (tertiary/aromatic N) is 1. The first-order valence-corrected chi connectivity index (χ1v) is 11.9. The van der Waals surface area contributed by atoms with Crippen molar-refractivity contribution in [3.05, 3.63) is 29.8 Å². The van der Waals surface area contributed by atoms with Crippen molar-refractivity contribution in [1.29, 1.82) is 0 Å². The van der Waals surface area contributed by atoms with E-state index < -0.39 is 28.2 Å². The van der Waals surface area contributed by atoms with Gasteiger partial charge in [0.15, 0.2) is 0 Å². The number of phenols is 1. The number of carbonyl (C=O) groups excluding carboxylic acids is 2. The average Bonchev–Trinajstić information content (AvgIpc) is 2.74. The smallest absolute Gasteiger partial charge is 0.347 e. The number of carboxylic acids is 1. The lowest BCUT2D eigenvalue weighted by molar-refractivity contribution is -0.160. The van der Waals surface area contributed by atoms with Gasteiger partial charge in [-0.25, -0.2) is 4.79 Å². The Morgan fingerprint density at radius 3 is 1.88 bits per heavy atom. The van der Waals surface area contributed by atoms with E-state index in [2.05, 4.69) is 0 Å². The second-order valence-electron chi connectivity index (χ2n) is 7.90. The van der Waals surface area contributed by atoms with Gasteiger partial charge in [0.25, 0.3) is 0 Å². The van der Waals surface area contributed by atoms with E-state index in [9.17, 15) is 24.6 Å². The van der Waals surface area contributed by atoms with Gasteiger partial charge in [-0.05, 0) is 37.1 Å². The maximum Gasteiger partial charge on any atom is 0.347 e. The van der Waals surface area contributed by atoms with Gasteiger partial charge in [-0.3, -0.25) is 14.5 Å². The molecule has 0 heterocycles. The maximum atomic E-state index is 12.8. The molecule has 9 heteroatoms. The summed E-state index contributed by atoms with van der Waals surface area (Å²) >= 11 is 12.7. The van der Waals surface area contributed by atoms with Crippen molar-refractivity contribution < 1.29 is 24.6 Å². The number of aliphatic carboxylic acids is 1. The van der Waals surface area contributed by atoms with Crippen molar-refractivity contribution >= 4 is 41.0 Å². The van der Waals surface area contributed by atoms with Gasteiger partial charge >= 0.3 is 5.97 Å². The minimum Gasteiger partial charge on any atom is -0.508 e. The number of rotatable bonds is 15. The molecule has 0 aromatic heterocycles. The predicted octanol–water partition coefficient (Wildman–Crippen LogP) is 4.93. The fourth-order valence-corrected chi connectivity index (χ4v) is 4.21. The van der Waals surface area contributed by atoms with Crippen molar-refractivity contribution in [1.82, 2.24) is 4.90 Å². The van der Waals surface area contributed by atoms with Crippen molar-refractivity contribution in [2.45, 2.75) is 81.5 Å². The Bertz CT molecular complexity index is 744. The van der Waals surface area contributed by atoms with Crippen molar-refractivity contribution in [2.24, 2.45) is 5.73 Å². The molecule has 4 N–H and O–H groups in total. The van der Waals surface area contributed by atoms with Crippen molar-refractivity contribution in [3.8, 4) is 5.75 Å². The van der Waals surface area contributed by atoms with Crippen LogP contribution in [0.4, 0.5) is 0 Å². The Labute approximate surface area is 199 Å². The van der Waals surface area contributed by atoms with Crippen LogP contribution in [0.2, 0.25) is 0 Å². The Balaban J connectivity index is 2.69. The fourth-order valence-electron chi connectivity index (χ4n) is 3.54. The molecule has 0 spiro atoms. The Kier molecular flexibility index (Phi) is 12.6. The summed E-state index contributed by atoms with van der Waals surface area (Å²) in [4.78, 5) is 35.2. The van der Waals surface area contributed by atoms with Crippen LogP contribution in [0.25, 0.3) is 0 Å². The highest BCUT2D eigenvalue weighted by molar-refractivity contribution is 6.41. The summed E-state index contributed by atoms with van der Waals surface area (Å²) in [5, 5.41) is 17.8. The van der Waals surface area contributed by atoms with Gasteiger partial charge in [-0.2, -0.15) is 0 Å². The highest BCUT2D eigenvalue weighted by atomic mass is 35.5. The fraction of sp³-hybridized carbons (Fsp3) is 0.609. The summed E-state index contributed by atoms with van der Waals surface area (Å²) in [6.45, 7) is 1.82. The number of benzene rings is 1. The SMILES string of the molecule is CC(=O)N(C(=O)CCCCCCCCCCCN)[C@](Cl)(C(=O)O)C(Cl)c1ccc(O)cc1. The quantitative estimate of drug-likeness (QED) is 0.183. The number of carboxylic acid groups (broad SMARTS) is 1. The topological polar surface area (TPSA) is 121 Å². The van der Waals surface area contributed by atoms with E-state index >= 15 is 0 Å². The minimum absolute atomic E-state index is 0.00296. The van der Waals surface area contributed by atoms with Crippen LogP contribution in [0.5, 0.6) is 5.75 Å². The molecular formula is C23H34Cl2N2O5. The molecule has 7 nitrogen and oxygen atoms in total. The molecule has 0 radical (unpaired) electrons. The molecule has 1 rings (SSSR count). The van der Waals surface area contributed by atoms with E-state index in [0.29, 0.717) is 11.3 Å². The molecule has 0 saturated heterocycles. The number of nitrogens with two attached hydrogens (primary N) is 1. The molecule has 1 aromatic rings. The highest BCUT2D eigenvalue weighted by Crippen LogP contribution is 2.41. The summed E-state index contributed by atoms with van der Waals surface area (Å²) in [7, 11) is 0. The number of carbonyl (C=O) groups is 3. The van der Waals surface area contributed by atoms with E-state index in [1.807, 2.05) is 0 Å². The lowest BCUT2D eigenvalue weighted by atomic mass is 10.0. The monoisotopic (exact) mass is 488 g/mol. The zero-order valence-electron chi connectivity index (χ0n) is 18.6. The number of unbranched alkanes of at least 4 members (excludes halogenated alkanes) is 8. The number of alkyl halides is 2. The summed E-state index contributed by atoms with van der Waals surface area (Å²) in [5.74, 6) is -3.12. The average molecular weight is 489 g/mol. The van der Waals surface area contributed by atoms with Gasteiger partial charge in [0.05, 0.1) is 0 Å². The first kappa shape index (κ1) is 28.2. The van der Waals surface area contributed by atoms with Gasteiger partial charge < -0.3 is 15.9 Å². The molecule has 0 aliphatic carbocycles. The number of halogens is 2. The molecule has 32 heavy (non-hydrogen) atoms. The first-order valence-electron chi connectivity index (χ1n) is 11.0. The van der Waals surface area contributed by atoms with Crippen LogP contribution in [0.3, 0.4) is 0 Å². The van der Waals surface area contributed by atoms with Gasteiger partial charge in [-0.1, -0.05) is 68.7 Å². The van der Waals surface area contributed by atoms with E-state index in [1.54, 1.807) is 0 Å². The molecule has 0 aliphatic rings. The van der Waals surface area contributed by atoms with Crippen LogP contribution in [-0.4, -0.2) is 44.4 Å². The molecule has 0 bridgehead atoms. The van der Waals surface area contributed by atoms with Gasteiger partial charge in [0, 0.05) is 13.3 Å². The molecule has 0 aliphatic heterocycles. The molecule has 0 saturated carbocycles. The second-order valence-corrected chi connectivity index (χ2v) is 8.91. The summed E-state index contributed by atoms with van der Waals surface area (Å²) in [6.07, 6.45) is 9.02. The number of amides is 2. The summed E-state index contributed by atoms with van der Waals surface area (Å²) < 4.78 is 0. The molecule has 2 atom stereocenters. The lowest BCUT2D eigenvalue weighted by Gasteiger charge is -2.37. The third kappa shape index (κ3) is 8.26. The summed E-state index contributed by atoms with van der Waals surface area (Å²) in [5.41, 5.74) is 5.73. The molecule has 1 unspecified atom stereocenters. The Morgan fingerprint density at radius 1 is 0.969 bits per heavy atom. The third-order valence-electron chi connectivity index (χ3n) is 5.31. The molecule has 2 amide bonds. The largest absolute Gasteiger partial charge is 0.508 e. The van der Waals surface area contributed by atoms with E-state index in [1.165, 1.54) is 37.1 Å². The second kappa shape index (κ2) is 14.3. The van der Waals surface area contributed by atoms with Crippen molar-refractivity contribution in [3.63, 3.8) is 0 Å². The van der Waals surface area contributed by atoms with E-state index in [0.717, 1.165) is 52.0 Å². The molecule has 0 fully saturated rings. The Hall–Kier alpha value is -1.83. The number of imide groups is 1. The lowest BCUT2D eigenvalue weighted by Crippen LogP contribution is -2.57. The number of phenolic OH excluding ortho intramolecular Hbond substituents is 1. The van der Waals surface area contributed by atoms with Gasteiger partial charge in [-0.15, -0.1) is 11.6 Å². The van der Waals surface area contributed by atoms with E-state index in [4.69, 9.17) is 28.9 Å². The number of hydrogen-bond donors (Lipinski definition) is 3. The third-order valence-corrected chi connectivity index (χ3v) is 6.53. The van der Waals surface area contributed by atoms with Crippen LogP contribution in [0.1, 0.15) is 82.1 Å². The zero-order valence-corrected chi connectivity index (χ0v) is 20.1. The highest BCUT2D eigenvalue weighted by Gasteiger charge is 2.53. The number of hydrogen-bond acceptors (Lipinski definition) is 5. The minimum atomic E-state index is -2.50. The predicted molar refractivity (Wildman–Crippen MR) is 126 cm³/mol. The number of aromatic hydroxyl groups is 1. The summed E-state index contributed by atoms with van der Waals surface area (Å²) in [6, 6.07) is 5.43. The van der Waals surface area contributed by atoms with Crippen LogP contribution in [0, 0.1) is 0 Å².